The van der Waals surface area contributed by atoms with Gasteiger partial charge in [-0.15, -0.1) is 22.6 Å². The van der Waals surface area contributed by atoms with Crippen LogP contribution < -0.4 is 0 Å². The summed E-state index contributed by atoms with van der Waals surface area (Å²) in [6.45, 7) is 16.5. The highest BCUT2D eigenvalue weighted by atomic mass is 35.5. The second kappa shape index (κ2) is 24.3. The molecule has 0 unspecified atom stereocenters. The van der Waals surface area contributed by atoms with E-state index in [2.05, 4.69) is 57.1 Å². The molecule has 51 heavy (non-hydrogen) atoms. The van der Waals surface area contributed by atoms with Gasteiger partial charge < -0.3 is 25.2 Å². The first-order valence-electron chi connectivity index (χ1n) is 15.4. The molecular weight excluding hydrogens is 686 g/mol. The number of fused-ring (bicyclic) bond motifs is 2. The van der Waals surface area contributed by atoms with E-state index in [-0.39, 0.29) is 41.9 Å². The van der Waals surface area contributed by atoms with Crippen LogP contribution in [0.25, 0.3) is 22.1 Å². The van der Waals surface area contributed by atoms with Crippen molar-refractivity contribution in [3.63, 3.8) is 0 Å². The zero-order valence-corrected chi connectivity index (χ0v) is 31.5. The number of aliphatic imine (C=N–C) groups is 1. The number of aromatic nitrogens is 6. The third-order valence-electron chi connectivity index (χ3n) is 5.69. The maximum Gasteiger partial charge on any atom is 0.311 e. The quantitative estimate of drug-likeness (QED) is 0.0580. The summed E-state index contributed by atoms with van der Waals surface area (Å²) in [5, 5.41) is 47.7. The molecule has 0 bridgehead atoms. The zero-order chi connectivity index (χ0) is 38.5. The third-order valence-corrected chi connectivity index (χ3v) is 5.69. The Morgan fingerprint density at radius 3 is 1.55 bits per heavy atom. The SMILES string of the molecule is C=C=NCCCN(C)C.CC(C)(C)OC(=O)C(C)(C)C.CO.Cl.O=C1CCC(=O)N1O.On1nnc2ccccc21.On1nnc2ccccc21. The second-order valence-electron chi connectivity index (χ2n) is 12.5. The molecule has 0 saturated carbocycles. The average Bonchev–Trinajstić information content (AvgIpc) is 3.73. The van der Waals surface area contributed by atoms with E-state index in [4.69, 9.17) is 25.5 Å². The lowest BCUT2D eigenvalue weighted by Crippen LogP contribution is -2.31. The van der Waals surface area contributed by atoms with Crippen LogP contribution in [0, 0.1) is 5.41 Å². The Labute approximate surface area is 304 Å². The number of hydrogen-bond donors (Lipinski definition) is 4. The van der Waals surface area contributed by atoms with Crippen molar-refractivity contribution in [2.24, 2.45) is 10.4 Å². The van der Waals surface area contributed by atoms with Crippen molar-refractivity contribution < 1.29 is 39.8 Å². The molecule has 1 fully saturated rings. The predicted molar refractivity (Wildman–Crippen MR) is 194 cm³/mol. The van der Waals surface area contributed by atoms with E-state index < -0.39 is 17.2 Å². The second-order valence-corrected chi connectivity index (χ2v) is 12.5. The molecule has 1 aliphatic heterocycles. The lowest BCUT2D eigenvalue weighted by molar-refractivity contribution is -0.171. The number of aliphatic hydroxyl groups excluding tert-OH is 1. The highest BCUT2D eigenvalue weighted by Gasteiger charge is 2.28. The molecular formula is C33H52ClN9O8. The molecule has 284 valence electrons. The van der Waals surface area contributed by atoms with E-state index in [0.29, 0.717) is 22.1 Å². The van der Waals surface area contributed by atoms with Crippen LogP contribution in [0.3, 0.4) is 0 Å². The Morgan fingerprint density at radius 1 is 0.863 bits per heavy atom. The molecule has 2 aromatic heterocycles. The fourth-order valence-corrected chi connectivity index (χ4v) is 3.25. The van der Waals surface area contributed by atoms with Crippen LogP contribution in [0.15, 0.2) is 60.1 Å². The number of imide groups is 1. The summed E-state index contributed by atoms with van der Waals surface area (Å²) < 4.78 is 5.16. The lowest BCUT2D eigenvalue weighted by Gasteiger charge is -2.25. The van der Waals surface area contributed by atoms with Crippen molar-refractivity contribution in [3.8, 4) is 0 Å². The number of esters is 1. The minimum absolute atomic E-state index is 0. The summed E-state index contributed by atoms with van der Waals surface area (Å²) in [5.41, 5.74) is 1.89. The van der Waals surface area contributed by atoms with Crippen molar-refractivity contribution in [2.75, 3.05) is 34.3 Å². The Bertz CT molecular complexity index is 1570. The minimum Gasteiger partial charge on any atom is -0.460 e. The highest BCUT2D eigenvalue weighted by Crippen LogP contribution is 2.19. The van der Waals surface area contributed by atoms with Gasteiger partial charge in [-0.2, -0.15) is 5.06 Å². The average molecular weight is 738 g/mol. The number of aliphatic hydroxyl groups is 1. The van der Waals surface area contributed by atoms with Crippen molar-refractivity contribution in [1.29, 1.82) is 0 Å². The number of carbonyl (C=O) groups is 3. The molecule has 3 heterocycles. The fraction of sp³-hybridized carbons (Fsp3) is 0.485. The van der Waals surface area contributed by atoms with Gasteiger partial charge in [-0.05, 0) is 116 Å². The number of hydroxylamine groups is 2. The molecule has 0 spiro atoms. The van der Waals surface area contributed by atoms with Gasteiger partial charge in [0, 0.05) is 26.5 Å². The standard InChI is InChI=1S/C9H18O2.C7H14N2.2C6H5N3O.C4H5NO3.CH4O.ClH/c1-8(2,3)7(10)11-9(4,5)6;1-4-8-6-5-7-9(2)3;2*10-9-6-4-2-1-3-5(6)7-8-9;6-3-1-2-4(7)5(3)8;1-2;/h1-6H3;1,5-7H2,2-3H3;2*1-4,10H;8H,1-2H2;2H,1H3;1H. The van der Waals surface area contributed by atoms with Gasteiger partial charge in [0.1, 0.15) is 27.7 Å². The lowest BCUT2D eigenvalue weighted by atomic mass is 9.97. The van der Waals surface area contributed by atoms with Crippen molar-refractivity contribution in [1.82, 2.24) is 40.3 Å². The number of para-hydroxylation sites is 2. The monoisotopic (exact) mass is 737 g/mol. The van der Waals surface area contributed by atoms with Crippen LogP contribution in [0.2, 0.25) is 0 Å². The molecule has 1 saturated heterocycles. The molecule has 4 aromatic rings. The highest BCUT2D eigenvalue weighted by molar-refractivity contribution is 6.00. The normalized spacial score (nSPS) is 11.8. The van der Waals surface area contributed by atoms with E-state index in [9.17, 15) is 14.4 Å². The van der Waals surface area contributed by atoms with Crippen molar-refractivity contribution >= 4 is 58.1 Å². The maximum atomic E-state index is 11.3. The largest absolute Gasteiger partial charge is 0.460 e. The van der Waals surface area contributed by atoms with E-state index in [1.54, 1.807) is 24.3 Å². The number of benzene rings is 2. The molecule has 1 aliphatic rings. The number of halogens is 1. The number of rotatable bonds is 4. The van der Waals surface area contributed by atoms with Gasteiger partial charge in [-0.1, -0.05) is 34.0 Å². The molecule has 18 heteroatoms. The van der Waals surface area contributed by atoms with Gasteiger partial charge in [0.05, 0.1) is 5.41 Å². The Morgan fingerprint density at radius 2 is 1.27 bits per heavy atom. The number of nitrogens with zero attached hydrogens (tertiary/aromatic N) is 9. The van der Waals surface area contributed by atoms with Gasteiger partial charge >= 0.3 is 5.97 Å². The molecule has 0 aliphatic carbocycles. The van der Waals surface area contributed by atoms with Gasteiger partial charge in [0.15, 0.2) is 0 Å². The summed E-state index contributed by atoms with van der Waals surface area (Å²) in [7, 11) is 5.11. The van der Waals surface area contributed by atoms with Gasteiger partial charge in [-0.25, -0.2) is 4.99 Å². The van der Waals surface area contributed by atoms with Gasteiger partial charge in [-0.3, -0.25) is 19.6 Å². The number of carbonyl (C=O) groups excluding carboxylic acids is 3. The fourth-order valence-electron chi connectivity index (χ4n) is 3.25. The van der Waals surface area contributed by atoms with Crippen LogP contribution in [0.1, 0.15) is 60.8 Å². The zero-order valence-electron chi connectivity index (χ0n) is 30.7. The maximum absolute atomic E-state index is 11.3. The van der Waals surface area contributed by atoms with E-state index in [1.807, 2.05) is 65.8 Å². The summed E-state index contributed by atoms with van der Waals surface area (Å²) in [6, 6.07) is 14.4. The van der Waals surface area contributed by atoms with Crippen molar-refractivity contribution in [2.45, 2.75) is 66.4 Å². The van der Waals surface area contributed by atoms with Crippen molar-refractivity contribution in [3.05, 3.63) is 55.1 Å². The smallest absolute Gasteiger partial charge is 0.311 e. The summed E-state index contributed by atoms with van der Waals surface area (Å²) in [5.74, 6) is 1.34. The Balaban J connectivity index is 0. The molecule has 0 radical (unpaired) electrons. The van der Waals surface area contributed by atoms with Crippen LogP contribution in [-0.2, 0) is 19.1 Å². The molecule has 0 atom stereocenters. The molecule has 17 nitrogen and oxygen atoms in total. The first-order chi connectivity index (χ1) is 23.4. The number of ether oxygens (including phenoxy) is 1. The molecule has 2 amide bonds. The van der Waals surface area contributed by atoms with E-state index >= 15 is 0 Å². The summed E-state index contributed by atoms with van der Waals surface area (Å²) in [4.78, 5) is 39.2. The molecule has 4 N–H and O–H groups in total. The van der Waals surface area contributed by atoms with Crippen LogP contribution in [0.5, 0.6) is 0 Å². The summed E-state index contributed by atoms with van der Waals surface area (Å²) in [6.07, 6.45) is 1.39. The number of amides is 2. The van der Waals surface area contributed by atoms with E-state index in [0.717, 1.165) is 36.3 Å². The van der Waals surface area contributed by atoms with Gasteiger partial charge in [0.25, 0.3) is 11.8 Å². The van der Waals surface area contributed by atoms with Gasteiger partial charge in [0.2, 0.25) is 0 Å². The minimum atomic E-state index is -0.505. The molecule has 2 aromatic carbocycles. The number of hydrogen-bond acceptors (Lipinski definition) is 14. The van der Waals surface area contributed by atoms with Crippen LogP contribution in [0.4, 0.5) is 0 Å². The Hall–Kier alpha value is -4.93. The van der Waals surface area contributed by atoms with Crippen LogP contribution >= 0.6 is 12.4 Å². The van der Waals surface area contributed by atoms with Crippen LogP contribution in [-0.4, -0.2) is 125 Å². The predicted octanol–water partition coefficient (Wildman–Crippen LogP) is 4.06. The molecule has 5 rings (SSSR count). The third kappa shape index (κ3) is 19.7. The summed E-state index contributed by atoms with van der Waals surface area (Å²) >= 11 is 0. The Kier molecular flexibility index (Phi) is 22.9. The topological polar surface area (TPSA) is 222 Å². The van der Waals surface area contributed by atoms with E-state index in [1.165, 1.54) is 0 Å². The first kappa shape index (κ1) is 48.2. The first-order valence-corrected chi connectivity index (χ1v) is 15.4.